The molecule has 0 aliphatic carbocycles. The maximum atomic E-state index is 12.8. The Kier molecular flexibility index (Phi) is 6.98. The molecule has 0 saturated carbocycles. The number of hydrogen-bond donors (Lipinski definition) is 0. The number of esters is 1. The molecule has 0 unspecified atom stereocenters. The van der Waals surface area contributed by atoms with Crippen molar-refractivity contribution < 1.29 is 14.3 Å². The molecule has 1 heterocycles. The van der Waals surface area contributed by atoms with Crippen molar-refractivity contribution in [2.45, 2.75) is 24.3 Å². The number of ether oxygens (including phenoxy) is 2. The molecular weight excluding hydrogens is 442 g/mol. The second kappa shape index (κ2) is 10.1. The first kappa shape index (κ1) is 22.2. The molecule has 6 heteroatoms. The van der Waals surface area contributed by atoms with Crippen LogP contribution in [0.3, 0.4) is 0 Å². The highest BCUT2D eigenvalue weighted by atomic mass is 35.5. The van der Waals surface area contributed by atoms with Crippen LogP contribution in [0.1, 0.15) is 27.0 Å². The first-order chi connectivity index (χ1) is 15.5. The number of halogens is 1. The summed E-state index contributed by atoms with van der Waals surface area (Å²) in [5.41, 5.74) is 4.38. The van der Waals surface area contributed by atoms with Gasteiger partial charge in [0, 0.05) is 16.2 Å². The van der Waals surface area contributed by atoms with Crippen molar-refractivity contribution in [3.8, 4) is 5.75 Å². The maximum Gasteiger partial charge on any atom is 0.344 e. The van der Waals surface area contributed by atoms with Gasteiger partial charge in [0.2, 0.25) is 0 Å². The SMILES string of the molecule is COC(=O)c1c(SCc2ccc(Cl)cc2)nc2ccccc2c1OCc1ccc(C)cc1. The third-order valence-electron chi connectivity index (χ3n) is 4.99. The third kappa shape index (κ3) is 5.06. The van der Waals surface area contributed by atoms with Gasteiger partial charge in [0.05, 0.1) is 12.6 Å². The lowest BCUT2D eigenvalue weighted by molar-refractivity contribution is 0.0590. The average molecular weight is 464 g/mol. The Hall–Kier alpha value is -3.02. The number of nitrogens with zero attached hydrogens (tertiary/aromatic N) is 1. The summed E-state index contributed by atoms with van der Waals surface area (Å²) < 4.78 is 11.3. The first-order valence-electron chi connectivity index (χ1n) is 10.1. The Morgan fingerprint density at radius 1 is 0.969 bits per heavy atom. The first-order valence-corrected chi connectivity index (χ1v) is 11.5. The molecule has 0 amide bonds. The molecule has 1 aromatic heterocycles. The Morgan fingerprint density at radius 2 is 1.66 bits per heavy atom. The van der Waals surface area contributed by atoms with E-state index in [2.05, 4.69) is 0 Å². The predicted molar refractivity (Wildman–Crippen MR) is 130 cm³/mol. The van der Waals surface area contributed by atoms with E-state index in [-0.39, 0.29) is 0 Å². The van der Waals surface area contributed by atoms with Crippen LogP contribution in [0, 0.1) is 6.92 Å². The molecule has 0 aliphatic heterocycles. The summed E-state index contributed by atoms with van der Waals surface area (Å²) >= 11 is 7.46. The number of hydrogen-bond acceptors (Lipinski definition) is 5. The zero-order valence-electron chi connectivity index (χ0n) is 17.8. The smallest absolute Gasteiger partial charge is 0.344 e. The summed E-state index contributed by atoms with van der Waals surface area (Å²) in [4.78, 5) is 17.6. The third-order valence-corrected chi connectivity index (χ3v) is 6.29. The average Bonchev–Trinajstić information content (AvgIpc) is 2.82. The van der Waals surface area contributed by atoms with E-state index in [9.17, 15) is 4.79 Å². The highest BCUT2D eigenvalue weighted by molar-refractivity contribution is 7.98. The number of fused-ring (bicyclic) bond motifs is 1. The maximum absolute atomic E-state index is 12.8. The highest BCUT2D eigenvalue weighted by Crippen LogP contribution is 2.37. The molecule has 4 aromatic rings. The lowest BCUT2D eigenvalue weighted by Crippen LogP contribution is -2.10. The summed E-state index contributed by atoms with van der Waals surface area (Å²) in [6.07, 6.45) is 0. The molecule has 0 bridgehead atoms. The van der Waals surface area contributed by atoms with Crippen LogP contribution < -0.4 is 4.74 Å². The number of pyridine rings is 1. The zero-order valence-corrected chi connectivity index (χ0v) is 19.4. The van der Waals surface area contributed by atoms with Crippen molar-refractivity contribution in [3.63, 3.8) is 0 Å². The molecule has 0 atom stereocenters. The van der Waals surface area contributed by atoms with E-state index in [0.717, 1.165) is 22.0 Å². The van der Waals surface area contributed by atoms with Crippen LogP contribution in [0.15, 0.2) is 77.8 Å². The number of thioether (sulfide) groups is 1. The van der Waals surface area contributed by atoms with E-state index < -0.39 is 5.97 Å². The summed E-state index contributed by atoms with van der Waals surface area (Å²) in [6.45, 7) is 2.38. The van der Waals surface area contributed by atoms with Gasteiger partial charge in [-0.3, -0.25) is 0 Å². The number of para-hydroxylation sites is 1. The van der Waals surface area contributed by atoms with Crippen LogP contribution in [0.2, 0.25) is 5.02 Å². The van der Waals surface area contributed by atoms with Crippen molar-refractivity contribution in [3.05, 3.63) is 100 Å². The van der Waals surface area contributed by atoms with Crippen LogP contribution >= 0.6 is 23.4 Å². The number of carbonyl (C=O) groups excluding carboxylic acids is 1. The number of aromatic nitrogens is 1. The van der Waals surface area contributed by atoms with Crippen molar-refractivity contribution >= 4 is 40.2 Å². The molecule has 0 fully saturated rings. The van der Waals surface area contributed by atoms with Gasteiger partial charge >= 0.3 is 5.97 Å². The molecule has 162 valence electrons. The summed E-state index contributed by atoms with van der Waals surface area (Å²) in [6, 6.07) is 23.4. The number of aryl methyl sites for hydroxylation is 1. The predicted octanol–water partition coefficient (Wildman–Crippen LogP) is 6.85. The molecule has 0 aliphatic rings. The monoisotopic (exact) mass is 463 g/mol. The van der Waals surface area contributed by atoms with E-state index in [1.807, 2.05) is 79.7 Å². The van der Waals surface area contributed by atoms with Crippen molar-refractivity contribution in [2.24, 2.45) is 0 Å². The van der Waals surface area contributed by atoms with Gasteiger partial charge in [-0.05, 0) is 42.3 Å². The number of methoxy groups -OCH3 is 1. The molecule has 3 aromatic carbocycles. The second-order valence-electron chi connectivity index (χ2n) is 7.32. The van der Waals surface area contributed by atoms with E-state index in [1.165, 1.54) is 24.4 Å². The topological polar surface area (TPSA) is 48.4 Å². The minimum atomic E-state index is -0.472. The quantitative estimate of drug-likeness (QED) is 0.221. The molecule has 0 N–H and O–H groups in total. The fraction of sp³-hybridized carbons (Fsp3) is 0.154. The molecule has 0 saturated heterocycles. The lowest BCUT2D eigenvalue weighted by atomic mass is 10.1. The molecule has 4 rings (SSSR count). The number of benzene rings is 3. The molecule has 0 radical (unpaired) electrons. The standard InChI is InChI=1S/C26H22ClNO3S/c1-17-7-9-18(10-8-17)15-31-24-21-5-3-4-6-22(21)28-25(23(24)26(29)30-2)32-16-19-11-13-20(27)14-12-19/h3-14H,15-16H2,1-2H3. The van der Waals surface area contributed by atoms with Crippen molar-refractivity contribution in [1.82, 2.24) is 4.98 Å². The second-order valence-corrected chi connectivity index (χ2v) is 8.72. The van der Waals surface area contributed by atoms with Gasteiger partial charge in [-0.25, -0.2) is 9.78 Å². The van der Waals surface area contributed by atoms with Gasteiger partial charge < -0.3 is 9.47 Å². The Balaban J connectivity index is 1.73. The van der Waals surface area contributed by atoms with E-state index in [0.29, 0.717) is 33.7 Å². The fourth-order valence-corrected chi connectivity index (χ4v) is 4.37. The normalized spacial score (nSPS) is 10.8. The molecule has 4 nitrogen and oxygen atoms in total. The van der Waals surface area contributed by atoms with Gasteiger partial charge in [0.25, 0.3) is 0 Å². The van der Waals surface area contributed by atoms with Crippen LogP contribution in [0.25, 0.3) is 10.9 Å². The Bertz CT molecular complexity index is 1240. The lowest BCUT2D eigenvalue weighted by Gasteiger charge is -2.16. The fourth-order valence-electron chi connectivity index (χ4n) is 3.27. The summed E-state index contributed by atoms with van der Waals surface area (Å²) in [7, 11) is 1.37. The molecule has 32 heavy (non-hydrogen) atoms. The largest absolute Gasteiger partial charge is 0.487 e. The van der Waals surface area contributed by atoms with E-state index in [4.69, 9.17) is 26.1 Å². The van der Waals surface area contributed by atoms with Gasteiger partial charge in [-0.15, -0.1) is 11.8 Å². The zero-order chi connectivity index (χ0) is 22.5. The van der Waals surface area contributed by atoms with Gasteiger partial charge in [0.1, 0.15) is 22.9 Å². The summed E-state index contributed by atoms with van der Waals surface area (Å²) in [5.74, 6) is 0.645. The minimum absolute atomic E-state index is 0.333. The highest BCUT2D eigenvalue weighted by Gasteiger charge is 2.24. The molecular formula is C26H22ClNO3S. The van der Waals surface area contributed by atoms with Crippen molar-refractivity contribution in [1.29, 1.82) is 0 Å². The van der Waals surface area contributed by atoms with E-state index >= 15 is 0 Å². The van der Waals surface area contributed by atoms with Crippen LogP contribution in [0.4, 0.5) is 0 Å². The van der Waals surface area contributed by atoms with E-state index in [1.54, 1.807) is 0 Å². The number of carbonyl (C=O) groups is 1. The van der Waals surface area contributed by atoms with Gasteiger partial charge in [-0.2, -0.15) is 0 Å². The number of rotatable bonds is 7. The Morgan fingerprint density at radius 3 is 2.38 bits per heavy atom. The molecule has 0 spiro atoms. The van der Waals surface area contributed by atoms with Crippen LogP contribution in [0.5, 0.6) is 5.75 Å². The van der Waals surface area contributed by atoms with Gasteiger partial charge in [-0.1, -0.05) is 65.7 Å². The minimum Gasteiger partial charge on any atom is -0.487 e. The van der Waals surface area contributed by atoms with Gasteiger partial charge in [0.15, 0.2) is 0 Å². The summed E-state index contributed by atoms with van der Waals surface area (Å²) in [5, 5.41) is 2.03. The Labute approximate surface area is 196 Å². The van der Waals surface area contributed by atoms with Crippen LogP contribution in [-0.2, 0) is 17.1 Å². The van der Waals surface area contributed by atoms with Crippen LogP contribution in [-0.4, -0.2) is 18.1 Å². The van der Waals surface area contributed by atoms with Crippen molar-refractivity contribution in [2.75, 3.05) is 7.11 Å².